The fraction of sp³-hybridized carbons (Fsp3) is 0.588. The number of likely N-dealkylation sites (tertiary alicyclic amines) is 1. The maximum Gasteiger partial charge on any atom is 0.189 e. The van der Waals surface area contributed by atoms with Crippen molar-refractivity contribution < 1.29 is 14.3 Å². The minimum absolute atomic E-state index is 0.0544. The number of ketones is 1. The number of hydrogen-bond acceptors (Lipinski definition) is 4. The second kappa shape index (κ2) is 6.48. The summed E-state index contributed by atoms with van der Waals surface area (Å²) < 4.78 is 10.7. The van der Waals surface area contributed by atoms with Gasteiger partial charge < -0.3 is 9.47 Å². The quantitative estimate of drug-likeness (QED) is 0.781. The number of carbonyl (C=O) groups excluding carboxylic acids is 1. The minimum atomic E-state index is -0.553. The lowest BCUT2D eigenvalue weighted by atomic mass is 9.88. The topological polar surface area (TPSA) is 38.8 Å². The monoisotopic (exact) mass is 291 g/mol. The predicted octanol–water partition coefficient (Wildman–Crippen LogP) is 3.15. The van der Waals surface area contributed by atoms with Crippen LogP contribution in [0, 0.1) is 0 Å². The number of piperidine rings is 1. The van der Waals surface area contributed by atoms with Crippen LogP contribution in [-0.4, -0.2) is 43.5 Å². The molecule has 1 aliphatic rings. The average molecular weight is 291 g/mol. The summed E-state index contributed by atoms with van der Waals surface area (Å²) in [6, 6.07) is 5.45. The van der Waals surface area contributed by atoms with E-state index in [-0.39, 0.29) is 5.78 Å². The molecule has 0 unspecified atom stereocenters. The molecule has 1 fully saturated rings. The summed E-state index contributed by atoms with van der Waals surface area (Å²) in [5.41, 5.74) is -0.0134. The molecule has 0 aromatic heterocycles. The third kappa shape index (κ3) is 3.05. The van der Waals surface area contributed by atoms with Crippen LogP contribution in [0.1, 0.15) is 43.5 Å². The van der Waals surface area contributed by atoms with Gasteiger partial charge in [0.15, 0.2) is 5.78 Å². The molecule has 0 amide bonds. The summed E-state index contributed by atoms with van der Waals surface area (Å²) in [6.45, 7) is 5.92. The Morgan fingerprint density at radius 2 is 1.57 bits per heavy atom. The Kier molecular flexibility index (Phi) is 4.88. The molecule has 1 aliphatic heterocycles. The lowest BCUT2D eigenvalue weighted by Crippen LogP contribution is -2.52. The van der Waals surface area contributed by atoms with Crippen molar-refractivity contribution in [3.63, 3.8) is 0 Å². The van der Waals surface area contributed by atoms with Crippen LogP contribution in [0.15, 0.2) is 18.2 Å². The van der Waals surface area contributed by atoms with Gasteiger partial charge in [-0.1, -0.05) is 12.5 Å². The molecule has 4 nitrogen and oxygen atoms in total. The van der Waals surface area contributed by atoms with E-state index in [4.69, 9.17) is 9.47 Å². The maximum atomic E-state index is 13.1. The summed E-state index contributed by atoms with van der Waals surface area (Å²) in [5.74, 6) is 1.20. The molecular weight excluding hydrogens is 266 g/mol. The van der Waals surface area contributed by atoms with E-state index in [1.54, 1.807) is 14.2 Å². The number of ether oxygens (including phenoxy) is 2. The Morgan fingerprint density at radius 1 is 1.05 bits per heavy atom. The third-order valence-corrected chi connectivity index (χ3v) is 4.36. The zero-order chi connectivity index (χ0) is 15.5. The summed E-state index contributed by atoms with van der Waals surface area (Å²) >= 11 is 0. The molecule has 0 saturated carbocycles. The molecule has 1 aromatic carbocycles. The molecule has 21 heavy (non-hydrogen) atoms. The molecule has 0 radical (unpaired) electrons. The van der Waals surface area contributed by atoms with Crippen molar-refractivity contribution in [2.75, 3.05) is 27.3 Å². The molecular formula is C17H25NO3. The zero-order valence-electron chi connectivity index (χ0n) is 13.4. The normalized spacial score (nSPS) is 16.6. The molecule has 1 heterocycles. The first kappa shape index (κ1) is 15.8. The smallest absolute Gasteiger partial charge is 0.189 e. The van der Waals surface area contributed by atoms with Gasteiger partial charge in [-0.2, -0.15) is 0 Å². The Morgan fingerprint density at radius 3 is 2.05 bits per heavy atom. The highest BCUT2D eigenvalue weighted by Gasteiger charge is 2.38. The van der Waals surface area contributed by atoms with E-state index in [0.29, 0.717) is 17.1 Å². The fourth-order valence-electron chi connectivity index (χ4n) is 2.98. The SMILES string of the molecule is COc1cccc(OC)c1C(=O)C(C)(C)N1CCCCC1. The molecule has 0 aliphatic carbocycles. The minimum Gasteiger partial charge on any atom is -0.496 e. The van der Waals surface area contributed by atoms with E-state index in [1.807, 2.05) is 32.0 Å². The highest BCUT2D eigenvalue weighted by molar-refractivity contribution is 6.07. The Balaban J connectivity index is 2.38. The van der Waals surface area contributed by atoms with Crippen LogP contribution in [0.2, 0.25) is 0 Å². The number of rotatable bonds is 5. The predicted molar refractivity (Wildman–Crippen MR) is 83.4 cm³/mol. The number of methoxy groups -OCH3 is 2. The van der Waals surface area contributed by atoms with E-state index in [9.17, 15) is 4.79 Å². The Hall–Kier alpha value is -1.55. The highest BCUT2D eigenvalue weighted by atomic mass is 16.5. The first-order valence-corrected chi connectivity index (χ1v) is 7.53. The molecule has 4 heteroatoms. The van der Waals surface area contributed by atoms with Gasteiger partial charge in [0.05, 0.1) is 19.8 Å². The second-order valence-electron chi connectivity index (χ2n) is 5.97. The summed E-state index contributed by atoms with van der Waals surface area (Å²) in [7, 11) is 3.17. The van der Waals surface area contributed by atoms with Gasteiger partial charge in [0.25, 0.3) is 0 Å². The van der Waals surface area contributed by atoms with Crippen LogP contribution in [-0.2, 0) is 0 Å². The Bertz CT molecular complexity index is 483. The number of nitrogens with zero attached hydrogens (tertiary/aromatic N) is 1. The molecule has 0 bridgehead atoms. The van der Waals surface area contributed by atoms with Gasteiger partial charge in [0.1, 0.15) is 17.1 Å². The van der Waals surface area contributed by atoms with E-state index in [0.717, 1.165) is 25.9 Å². The molecule has 0 N–H and O–H groups in total. The van der Waals surface area contributed by atoms with Crippen molar-refractivity contribution in [3.8, 4) is 11.5 Å². The summed E-state index contributed by atoms with van der Waals surface area (Å²) in [6.07, 6.45) is 3.55. The number of Topliss-reactive ketones (excluding diaryl/α,β-unsaturated/α-hetero) is 1. The molecule has 0 spiro atoms. The van der Waals surface area contributed by atoms with Crippen LogP contribution >= 0.6 is 0 Å². The fourth-order valence-corrected chi connectivity index (χ4v) is 2.98. The first-order chi connectivity index (χ1) is 10.0. The lowest BCUT2D eigenvalue weighted by molar-refractivity contribution is 0.0573. The van der Waals surface area contributed by atoms with Gasteiger partial charge in [-0.05, 0) is 51.9 Å². The highest BCUT2D eigenvalue weighted by Crippen LogP contribution is 2.34. The van der Waals surface area contributed by atoms with Gasteiger partial charge in [0.2, 0.25) is 0 Å². The first-order valence-electron chi connectivity index (χ1n) is 7.53. The number of hydrogen-bond donors (Lipinski definition) is 0. The zero-order valence-corrected chi connectivity index (χ0v) is 13.4. The van der Waals surface area contributed by atoms with E-state index in [2.05, 4.69) is 4.90 Å². The van der Waals surface area contributed by atoms with E-state index < -0.39 is 5.54 Å². The van der Waals surface area contributed by atoms with Crippen molar-refractivity contribution in [1.29, 1.82) is 0 Å². The van der Waals surface area contributed by atoms with Crippen LogP contribution in [0.4, 0.5) is 0 Å². The second-order valence-corrected chi connectivity index (χ2v) is 5.97. The molecule has 1 saturated heterocycles. The number of benzene rings is 1. The van der Waals surface area contributed by atoms with Crippen molar-refractivity contribution in [2.24, 2.45) is 0 Å². The summed E-state index contributed by atoms with van der Waals surface area (Å²) in [4.78, 5) is 15.4. The van der Waals surface area contributed by atoms with Crippen LogP contribution in [0.25, 0.3) is 0 Å². The van der Waals surface area contributed by atoms with Gasteiger partial charge in [-0.25, -0.2) is 0 Å². The van der Waals surface area contributed by atoms with E-state index in [1.165, 1.54) is 6.42 Å². The number of carbonyl (C=O) groups is 1. The molecule has 116 valence electrons. The molecule has 2 rings (SSSR count). The van der Waals surface area contributed by atoms with Crippen LogP contribution in [0.3, 0.4) is 0 Å². The lowest BCUT2D eigenvalue weighted by Gasteiger charge is -2.40. The Labute approximate surface area is 127 Å². The van der Waals surface area contributed by atoms with Crippen molar-refractivity contribution >= 4 is 5.78 Å². The van der Waals surface area contributed by atoms with Crippen LogP contribution in [0.5, 0.6) is 11.5 Å². The van der Waals surface area contributed by atoms with Gasteiger partial charge >= 0.3 is 0 Å². The van der Waals surface area contributed by atoms with E-state index >= 15 is 0 Å². The molecule has 1 aromatic rings. The van der Waals surface area contributed by atoms with Crippen molar-refractivity contribution in [3.05, 3.63) is 23.8 Å². The van der Waals surface area contributed by atoms with Gasteiger partial charge in [-0.15, -0.1) is 0 Å². The summed E-state index contributed by atoms with van der Waals surface area (Å²) in [5, 5.41) is 0. The standard InChI is InChI=1S/C17H25NO3/c1-17(2,18-11-6-5-7-12-18)16(19)15-13(20-3)9-8-10-14(15)21-4/h8-10H,5-7,11-12H2,1-4H3. The third-order valence-electron chi connectivity index (χ3n) is 4.36. The van der Waals surface area contributed by atoms with Crippen molar-refractivity contribution in [2.45, 2.75) is 38.6 Å². The van der Waals surface area contributed by atoms with Crippen LogP contribution < -0.4 is 9.47 Å². The van der Waals surface area contributed by atoms with Gasteiger partial charge in [0, 0.05) is 0 Å². The average Bonchev–Trinajstić information content (AvgIpc) is 2.54. The molecule has 0 atom stereocenters. The van der Waals surface area contributed by atoms with Crippen molar-refractivity contribution in [1.82, 2.24) is 4.90 Å². The largest absolute Gasteiger partial charge is 0.496 e. The maximum absolute atomic E-state index is 13.1. The van der Waals surface area contributed by atoms with Gasteiger partial charge in [-0.3, -0.25) is 9.69 Å².